The molecule has 0 aliphatic carbocycles. The molecular weight excluding hydrogens is 306 g/mol. The van der Waals surface area contributed by atoms with Crippen LogP contribution in [0.2, 0.25) is 0 Å². The molecule has 1 atom stereocenters. The van der Waals surface area contributed by atoms with Crippen molar-refractivity contribution in [1.29, 1.82) is 0 Å². The van der Waals surface area contributed by atoms with Crippen molar-refractivity contribution in [3.8, 4) is 5.69 Å². The first-order valence-corrected chi connectivity index (χ1v) is 7.78. The van der Waals surface area contributed by atoms with Gasteiger partial charge in [0.2, 0.25) is 5.91 Å². The lowest BCUT2D eigenvalue weighted by molar-refractivity contribution is -0.130. The van der Waals surface area contributed by atoms with E-state index in [1.807, 2.05) is 42.0 Å². The highest BCUT2D eigenvalue weighted by Crippen LogP contribution is 2.16. The van der Waals surface area contributed by atoms with Crippen molar-refractivity contribution in [1.82, 2.24) is 19.9 Å². The second-order valence-corrected chi connectivity index (χ2v) is 5.72. The van der Waals surface area contributed by atoms with Crippen LogP contribution in [0.4, 0.5) is 0 Å². The largest absolute Gasteiger partial charge is 0.344 e. The van der Waals surface area contributed by atoms with Gasteiger partial charge in [-0.15, -0.1) is 0 Å². The molecule has 7 nitrogen and oxygen atoms in total. The predicted molar refractivity (Wildman–Crippen MR) is 89.6 cm³/mol. The molecule has 1 aromatic carbocycles. The van der Waals surface area contributed by atoms with E-state index in [1.165, 1.54) is 5.01 Å². The molecule has 1 unspecified atom stereocenters. The maximum atomic E-state index is 12.3. The summed E-state index contributed by atoms with van der Waals surface area (Å²) in [4.78, 5) is 27.7. The quantitative estimate of drug-likeness (QED) is 0.928. The minimum Gasteiger partial charge on any atom is -0.344 e. The molecule has 0 saturated heterocycles. The van der Waals surface area contributed by atoms with Gasteiger partial charge in [-0.05, 0) is 24.6 Å². The van der Waals surface area contributed by atoms with Gasteiger partial charge < -0.3 is 9.88 Å². The number of imidazole rings is 1. The molecule has 1 aliphatic heterocycles. The molecule has 2 aromatic rings. The van der Waals surface area contributed by atoms with Crippen molar-refractivity contribution in [3.63, 3.8) is 0 Å². The Hall–Kier alpha value is -2.96. The first-order valence-electron chi connectivity index (χ1n) is 7.78. The zero-order valence-corrected chi connectivity index (χ0v) is 13.6. The number of carbonyl (C=O) groups excluding carboxylic acids is 2. The lowest BCUT2D eigenvalue weighted by Gasteiger charge is -2.21. The molecule has 0 bridgehead atoms. The maximum absolute atomic E-state index is 12.3. The molecule has 1 aromatic heterocycles. The number of benzene rings is 1. The van der Waals surface area contributed by atoms with Crippen molar-refractivity contribution in [3.05, 3.63) is 48.5 Å². The van der Waals surface area contributed by atoms with Crippen LogP contribution in [0.25, 0.3) is 5.69 Å². The van der Waals surface area contributed by atoms with Crippen LogP contribution in [-0.2, 0) is 9.59 Å². The highest BCUT2D eigenvalue weighted by Gasteiger charge is 2.23. The van der Waals surface area contributed by atoms with Crippen molar-refractivity contribution in [2.24, 2.45) is 5.10 Å². The van der Waals surface area contributed by atoms with E-state index in [-0.39, 0.29) is 17.9 Å². The summed E-state index contributed by atoms with van der Waals surface area (Å²) in [6, 6.07) is 7.74. The predicted octanol–water partition coefficient (Wildman–Crippen LogP) is 1.66. The number of hydrogen-bond acceptors (Lipinski definition) is 4. The van der Waals surface area contributed by atoms with E-state index >= 15 is 0 Å². The van der Waals surface area contributed by atoms with Crippen LogP contribution in [0, 0.1) is 0 Å². The number of carbonyl (C=O) groups is 2. The molecule has 0 saturated carbocycles. The van der Waals surface area contributed by atoms with Gasteiger partial charge >= 0.3 is 0 Å². The van der Waals surface area contributed by atoms with Gasteiger partial charge in [-0.1, -0.05) is 12.1 Å². The third-order valence-electron chi connectivity index (χ3n) is 4.01. The van der Waals surface area contributed by atoms with Crippen molar-refractivity contribution in [2.75, 3.05) is 7.05 Å². The number of aromatic nitrogens is 2. The maximum Gasteiger partial charge on any atom is 0.267 e. The first kappa shape index (κ1) is 15.9. The standard InChI is InChI=1S/C17H19N5O2/c1-12(19-17(24)15-7-8-16(23)21(2)20-15)13-3-5-14(6-4-13)22-10-9-18-11-22/h3-6,9-12H,7-8H2,1-2H3,(H,19,24). The summed E-state index contributed by atoms with van der Waals surface area (Å²) in [6.45, 7) is 1.92. The molecule has 7 heteroatoms. The molecule has 0 spiro atoms. The van der Waals surface area contributed by atoms with Gasteiger partial charge in [0.1, 0.15) is 5.71 Å². The van der Waals surface area contributed by atoms with Crippen molar-refractivity contribution >= 4 is 17.5 Å². The summed E-state index contributed by atoms with van der Waals surface area (Å²) < 4.78 is 1.91. The third kappa shape index (κ3) is 3.34. The molecule has 0 fully saturated rings. The minimum absolute atomic E-state index is 0.0744. The highest BCUT2D eigenvalue weighted by atomic mass is 16.2. The minimum atomic E-state index is -0.236. The summed E-state index contributed by atoms with van der Waals surface area (Å²) in [5.74, 6) is -0.310. The van der Waals surface area contributed by atoms with Crippen LogP contribution in [0.1, 0.15) is 31.4 Å². The number of nitrogens with zero attached hydrogens (tertiary/aromatic N) is 4. The summed E-state index contributed by atoms with van der Waals surface area (Å²) in [7, 11) is 1.56. The van der Waals surface area contributed by atoms with Gasteiger partial charge in [0.25, 0.3) is 5.91 Å². The summed E-state index contributed by atoms with van der Waals surface area (Å²) >= 11 is 0. The highest BCUT2D eigenvalue weighted by molar-refractivity contribution is 6.39. The Morgan fingerprint density at radius 2 is 2.00 bits per heavy atom. The molecule has 2 heterocycles. The van der Waals surface area contributed by atoms with Crippen LogP contribution >= 0.6 is 0 Å². The lowest BCUT2D eigenvalue weighted by Crippen LogP contribution is -2.38. The summed E-state index contributed by atoms with van der Waals surface area (Å²) in [6.07, 6.45) is 6.03. The third-order valence-corrected chi connectivity index (χ3v) is 4.01. The number of hydrazone groups is 1. The normalized spacial score (nSPS) is 15.8. The fourth-order valence-corrected chi connectivity index (χ4v) is 2.54. The van der Waals surface area contributed by atoms with Crippen LogP contribution in [0.5, 0.6) is 0 Å². The first-order chi connectivity index (χ1) is 11.5. The average Bonchev–Trinajstić information content (AvgIpc) is 3.12. The Morgan fingerprint density at radius 1 is 1.25 bits per heavy atom. The molecule has 124 valence electrons. The molecule has 1 aliphatic rings. The second kappa shape index (κ2) is 6.66. The Labute approximate surface area is 140 Å². The Bertz CT molecular complexity index is 765. The SMILES string of the molecule is CC(NC(=O)C1=NN(C)C(=O)CC1)c1ccc(-n2ccnc2)cc1. The van der Waals surface area contributed by atoms with Gasteiger partial charge in [-0.2, -0.15) is 5.10 Å². The fraction of sp³-hybridized carbons (Fsp3) is 0.294. The van der Waals surface area contributed by atoms with Crippen LogP contribution in [-0.4, -0.2) is 39.1 Å². The summed E-state index contributed by atoms with van der Waals surface area (Å²) in [5, 5.41) is 8.19. The number of nitrogens with one attached hydrogen (secondary N) is 1. The smallest absolute Gasteiger partial charge is 0.267 e. The molecule has 1 N–H and O–H groups in total. The number of hydrogen-bond donors (Lipinski definition) is 1. The van der Waals surface area contributed by atoms with E-state index in [9.17, 15) is 9.59 Å². The van der Waals surface area contributed by atoms with E-state index in [0.717, 1.165) is 11.3 Å². The average molecular weight is 325 g/mol. The Kier molecular flexibility index (Phi) is 4.41. The Morgan fingerprint density at radius 3 is 2.62 bits per heavy atom. The molecule has 0 radical (unpaired) electrons. The molecular formula is C17H19N5O2. The number of amides is 2. The zero-order valence-electron chi connectivity index (χ0n) is 13.6. The van der Waals surface area contributed by atoms with Gasteiger partial charge in [0.05, 0.1) is 12.4 Å². The van der Waals surface area contributed by atoms with E-state index in [4.69, 9.17) is 0 Å². The molecule has 24 heavy (non-hydrogen) atoms. The zero-order chi connectivity index (χ0) is 17.1. The van der Waals surface area contributed by atoms with E-state index in [1.54, 1.807) is 19.6 Å². The van der Waals surface area contributed by atoms with E-state index in [2.05, 4.69) is 15.4 Å². The fourth-order valence-electron chi connectivity index (χ4n) is 2.54. The van der Waals surface area contributed by atoms with Crippen LogP contribution in [0.15, 0.2) is 48.1 Å². The Balaban J connectivity index is 1.66. The van der Waals surface area contributed by atoms with Crippen molar-refractivity contribution < 1.29 is 9.59 Å². The van der Waals surface area contributed by atoms with Gasteiger partial charge in [0, 0.05) is 38.0 Å². The second-order valence-electron chi connectivity index (χ2n) is 5.72. The molecule has 2 amide bonds. The van der Waals surface area contributed by atoms with Crippen LogP contribution in [0.3, 0.4) is 0 Å². The summed E-state index contributed by atoms with van der Waals surface area (Å²) in [5.41, 5.74) is 2.39. The van der Waals surface area contributed by atoms with Crippen molar-refractivity contribution in [2.45, 2.75) is 25.8 Å². The number of rotatable bonds is 4. The van der Waals surface area contributed by atoms with Gasteiger partial charge in [-0.3, -0.25) is 9.59 Å². The van der Waals surface area contributed by atoms with Crippen LogP contribution < -0.4 is 5.32 Å². The topological polar surface area (TPSA) is 79.6 Å². The monoisotopic (exact) mass is 325 g/mol. The lowest BCUT2D eigenvalue weighted by atomic mass is 10.1. The van der Waals surface area contributed by atoms with E-state index < -0.39 is 0 Å². The molecule has 3 rings (SSSR count). The van der Waals surface area contributed by atoms with E-state index in [0.29, 0.717) is 18.6 Å². The van der Waals surface area contributed by atoms with Gasteiger partial charge in [0.15, 0.2) is 0 Å². The van der Waals surface area contributed by atoms with Gasteiger partial charge in [-0.25, -0.2) is 9.99 Å².